The second kappa shape index (κ2) is 5.33. The van der Waals surface area contributed by atoms with Crippen LogP contribution in [0.25, 0.3) is 0 Å². The van der Waals surface area contributed by atoms with Crippen molar-refractivity contribution >= 4 is 29.1 Å². The molecule has 0 fully saturated rings. The third kappa shape index (κ3) is 2.37. The molecule has 3 N–H and O–H groups in total. The largest absolute Gasteiger partial charge is 0.364 e. The van der Waals surface area contributed by atoms with Gasteiger partial charge in [-0.3, -0.25) is 19.0 Å². The lowest BCUT2D eigenvalue weighted by Crippen LogP contribution is -2.22. The van der Waals surface area contributed by atoms with E-state index >= 15 is 0 Å². The van der Waals surface area contributed by atoms with Crippen LogP contribution in [0, 0.1) is 0 Å². The van der Waals surface area contributed by atoms with Crippen LogP contribution in [0.4, 0.5) is 5.69 Å². The minimum atomic E-state index is -0.671. The number of carbonyl (C=O) groups excluding carboxylic acids is 2. The van der Waals surface area contributed by atoms with Crippen molar-refractivity contribution in [3.63, 3.8) is 0 Å². The molecule has 0 bridgehead atoms. The zero-order valence-corrected chi connectivity index (χ0v) is 11.7. The van der Waals surface area contributed by atoms with Crippen LogP contribution in [-0.2, 0) is 13.6 Å². The first-order valence-corrected chi connectivity index (χ1v) is 6.18. The average Bonchev–Trinajstić information content (AvgIpc) is 2.93. The molecule has 9 heteroatoms. The first-order chi connectivity index (χ1) is 9.45. The summed E-state index contributed by atoms with van der Waals surface area (Å²) >= 11 is 5.88. The topological polar surface area (TPSA) is 108 Å². The fourth-order valence-corrected chi connectivity index (χ4v) is 2.08. The van der Waals surface area contributed by atoms with Gasteiger partial charge < -0.3 is 11.1 Å². The van der Waals surface area contributed by atoms with Crippen molar-refractivity contribution in [3.8, 4) is 0 Å². The number of amides is 2. The second-order valence-corrected chi connectivity index (χ2v) is 4.41. The van der Waals surface area contributed by atoms with Crippen LogP contribution >= 0.6 is 11.6 Å². The summed E-state index contributed by atoms with van der Waals surface area (Å²) < 4.78 is 2.74. The van der Waals surface area contributed by atoms with Crippen molar-refractivity contribution in [1.82, 2.24) is 19.6 Å². The van der Waals surface area contributed by atoms with E-state index in [0.29, 0.717) is 6.54 Å². The van der Waals surface area contributed by atoms with Gasteiger partial charge in [0.1, 0.15) is 11.4 Å². The lowest BCUT2D eigenvalue weighted by atomic mass is 10.3. The fraction of sp³-hybridized carbons (Fsp3) is 0.273. The Labute approximate surface area is 119 Å². The number of aryl methyl sites for hydroxylation is 2. The van der Waals surface area contributed by atoms with Gasteiger partial charge in [0, 0.05) is 13.6 Å². The number of halogens is 1. The molecule has 0 atom stereocenters. The molecule has 8 nitrogen and oxygen atoms in total. The molecule has 0 aliphatic heterocycles. The van der Waals surface area contributed by atoms with Crippen LogP contribution in [0.2, 0.25) is 5.02 Å². The maximum Gasteiger partial charge on any atom is 0.275 e. The van der Waals surface area contributed by atoms with Crippen molar-refractivity contribution in [2.24, 2.45) is 12.8 Å². The monoisotopic (exact) mass is 296 g/mol. The molecule has 0 aromatic carbocycles. The number of anilines is 1. The summed E-state index contributed by atoms with van der Waals surface area (Å²) in [5, 5.41) is 10.6. The number of nitrogens with zero attached hydrogens (tertiary/aromatic N) is 4. The van der Waals surface area contributed by atoms with Gasteiger partial charge in [-0.1, -0.05) is 11.6 Å². The molecule has 0 saturated carbocycles. The molecule has 0 saturated heterocycles. The molecule has 2 amide bonds. The first-order valence-electron chi connectivity index (χ1n) is 5.80. The van der Waals surface area contributed by atoms with Crippen molar-refractivity contribution < 1.29 is 9.59 Å². The van der Waals surface area contributed by atoms with Gasteiger partial charge in [0.25, 0.3) is 11.8 Å². The maximum absolute atomic E-state index is 12.1. The summed E-state index contributed by atoms with van der Waals surface area (Å²) in [5.74, 6) is -1.16. The third-order valence-electron chi connectivity index (χ3n) is 2.73. The van der Waals surface area contributed by atoms with E-state index in [1.807, 2.05) is 6.92 Å². The summed E-state index contributed by atoms with van der Waals surface area (Å²) in [5.41, 5.74) is 5.86. The Bertz CT molecular complexity index is 655. The van der Waals surface area contributed by atoms with E-state index < -0.39 is 11.8 Å². The highest BCUT2D eigenvalue weighted by Gasteiger charge is 2.21. The number of aromatic nitrogens is 4. The van der Waals surface area contributed by atoms with Gasteiger partial charge in [0.2, 0.25) is 0 Å². The van der Waals surface area contributed by atoms with Crippen LogP contribution in [-0.4, -0.2) is 31.4 Å². The van der Waals surface area contributed by atoms with Gasteiger partial charge in [-0.2, -0.15) is 10.2 Å². The number of rotatable bonds is 4. The predicted octanol–water partition coefficient (Wildman–Crippen LogP) is 0.641. The smallest absolute Gasteiger partial charge is 0.275 e. The number of hydrogen-bond acceptors (Lipinski definition) is 4. The van der Waals surface area contributed by atoms with Gasteiger partial charge in [0.15, 0.2) is 0 Å². The maximum atomic E-state index is 12.1. The summed E-state index contributed by atoms with van der Waals surface area (Å²) in [4.78, 5) is 23.6. The molecule has 2 heterocycles. The zero-order valence-electron chi connectivity index (χ0n) is 10.9. The minimum absolute atomic E-state index is 0.138. The van der Waals surface area contributed by atoms with E-state index in [1.54, 1.807) is 7.05 Å². The molecule has 20 heavy (non-hydrogen) atoms. The van der Waals surface area contributed by atoms with E-state index in [1.165, 1.54) is 21.8 Å². The molecule has 2 aromatic heterocycles. The molecule has 0 spiro atoms. The molecule has 2 aromatic rings. The van der Waals surface area contributed by atoms with E-state index in [9.17, 15) is 9.59 Å². The van der Waals surface area contributed by atoms with Crippen molar-refractivity contribution in [2.75, 3.05) is 5.32 Å². The number of carbonyl (C=O) groups is 2. The van der Waals surface area contributed by atoms with E-state index in [4.69, 9.17) is 17.3 Å². The lowest BCUT2D eigenvalue weighted by Gasteiger charge is -2.06. The lowest BCUT2D eigenvalue weighted by molar-refractivity contribution is 0.0991. The summed E-state index contributed by atoms with van der Waals surface area (Å²) in [6, 6.07) is 0. The summed E-state index contributed by atoms with van der Waals surface area (Å²) in [6.07, 6.45) is 2.73. The number of hydrogen-bond donors (Lipinski definition) is 2. The normalized spacial score (nSPS) is 10.6. The van der Waals surface area contributed by atoms with Crippen molar-refractivity contribution in [2.45, 2.75) is 13.5 Å². The quantitative estimate of drug-likeness (QED) is 0.863. The highest BCUT2D eigenvalue weighted by molar-refractivity contribution is 6.34. The Morgan fingerprint density at radius 1 is 1.35 bits per heavy atom. The van der Waals surface area contributed by atoms with Gasteiger partial charge in [-0.25, -0.2) is 0 Å². The Morgan fingerprint density at radius 2 is 2.05 bits per heavy atom. The highest BCUT2D eigenvalue weighted by Crippen LogP contribution is 2.19. The van der Waals surface area contributed by atoms with Crippen LogP contribution in [0.15, 0.2) is 12.4 Å². The fourth-order valence-electron chi connectivity index (χ4n) is 1.82. The molecule has 0 aliphatic rings. The zero-order chi connectivity index (χ0) is 14.9. The highest BCUT2D eigenvalue weighted by atomic mass is 35.5. The van der Waals surface area contributed by atoms with Gasteiger partial charge in [-0.05, 0) is 6.92 Å². The summed E-state index contributed by atoms with van der Waals surface area (Å²) in [6.45, 7) is 2.27. The second-order valence-electron chi connectivity index (χ2n) is 4.01. The number of primary amides is 1. The average molecular weight is 297 g/mol. The van der Waals surface area contributed by atoms with Gasteiger partial charge >= 0.3 is 0 Å². The molecule has 0 aliphatic carbocycles. The first kappa shape index (κ1) is 14.1. The van der Waals surface area contributed by atoms with E-state index in [-0.39, 0.29) is 22.1 Å². The predicted molar refractivity (Wildman–Crippen MR) is 72.6 cm³/mol. The van der Waals surface area contributed by atoms with Crippen LogP contribution < -0.4 is 11.1 Å². The summed E-state index contributed by atoms with van der Waals surface area (Å²) in [7, 11) is 1.59. The van der Waals surface area contributed by atoms with E-state index in [2.05, 4.69) is 15.5 Å². The number of nitrogens with one attached hydrogen (secondary N) is 1. The molecular weight excluding hydrogens is 284 g/mol. The molecule has 2 rings (SSSR count). The van der Waals surface area contributed by atoms with Crippen molar-refractivity contribution in [1.29, 1.82) is 0 Å². The Hall–Kier alpha value is -2.35. The molecule has 0 radical (unpaired) electrons. The molecule has 106 valence electrons. The standard InChI is InChI=1S/C11H13ClN6O2/c1-3-18-9(10(13)19)7(5-15-18)16-11(20)8-6(12)4-14-17(8)2/h4-5H,3H2,1-2H3,(H2,13,19)(H,16,20). The molecular formula is C11H13ClN6O2. The van der Waals surface area contributed by atoms with Crippen LogP contribution in [0.5, 0.6) is 0 Å². The number of nitrogens with two attached hydrogens (primary N) is 1. The van der Waals surface area contributed by atoms with Gasteiger partial charge in [-0.15, -0.1) is 0 Å². The van der Waals surface area contributed by atoms with Crippen LogP contribution in [0.3, 0.4) is 0 Å². The Balaban J connectivity index is 2.34. The SMILES string of the molecule is CCn1ncc(NC(=O)c2c(Cl)cnn2C)c1C(N)=O. The Kier molecular flexibility index (Phi) is 3.75. The van der Waals surface area contributed by atoms with Crippen molar-refractivity contribution in [3.05, 3.63) is 28.8 Å². The Morgan fingerprint density at radius 3 is 2.55 bits per heavy atom. The van der Waals surface area contributed by atoms with E-state index in [0.717, 1.165) is 0 Å². The van der Waals surface area contributed by atoms with Gasteiger partial charge in [0.05, 0.1) is 23.1 Å². The molecule has 0 unspecified atom stereocenters. The van der Waals surface area contributed by atoms with Crippen LogP contribution in [0.1, 0.15) is 27.9 Å². The minimum Gasteiger partial charge on any atom is -0.364 e. The third-order valence-corrected chi connectivity index (χ3v) is 3.01.